The minimum Gasteiger partial charge on any atom is -0.508 e. The van der Waals surface area contributed by atoms with Crippen molar-refractivity contribution < 1.29 is 36.5 Å². The molecular formula is C38H36F5N5O3S. The summed E-state index contributed by atoms with van der Waals surface area (Å²) in [4.78, 5) is 13.3. The van der Waals surface area contributed by atoms with Gasteiger partial charge in [-0.2, -0.15) is 23.1 Å². The second-order valence-electron chi connectivity index (χ2n) is 15.1. The highest BCUT2D eigenvalue weighted by Crippen LogP contribution is 2.50. The minimum absolute atomic E-state index is 0.000276. The first-order chi connectivity index (χ1) is 25.0. The summed E-state index contributed by atoms with van der Waals surface area (Å²) >= 11 is -0.498. The van der Waals surface area contributed by atoms with Crippen LogP contribution in [0.25, 0.3) is 32.8 Å². The fraction of sp³-hybridized carbons (Fsp3) is 0.474. The number of alkyl halides is 3. The van der Waals surface area contributed by atoms with Crippen molar-refractivity contribution in [2.24, 2.45) is 17.3 Å². The third kappa shape index (κ3) is 6.19. The quantitative estimate of drug-likeness (QED) is 0.117. The zero-order valence-electron chi connectivity index (χ0n) is 28.1. The van der Waals surface area contributed by atoms with Crippen LogP contribution in [0.3, 0.4) is 0 Å². The molecule has 1 aromatic heterocycles. The monoisotopic (exact) mass is 737 g/mol. The molecule has 272 valence electrons. The van der Waals surface area contributed by atoms with E-state index in [1.807, 2.05) is 4.90 Å². The number of phenolic OH excluding ortho intramolecular Hbond substituents is 1. The largest absolute Gasteiger partial charge is 0.508 e. The molecule has 14 heteroatoms. The maximum atomic E-state index is 17.3. The van der Waals surface area contributed by atoms with Crippen LogP contribution in [-0.2, 0) is 4.74 Å². The van der Waals surface area contributed by atoms with Crippen LogP contribution in [0.15, 0.2) is 35.2 Å². The maximum Gasteiger partial charge on any atom is 0.446 e. The van der Waals surface area contributed by atoms with Gasteiger partial charge in [-0.05, 0) is 72.7 Å². The number of likely N-dealkylation sites (tertiary alicyclic amines) is 1. The highest BCUT2D eigenvalue weighted by atomic mass is 32.2. The Bertz CT molecular complexity index is 2120. The highest BCUT2D eigenvalue weighted by Gasteiger charge is 2.48. The molecule has 2 bridgehead atoms. The number of ether oxygens (including phenoxy) is 2. The first kappa shape index (κ1) is 33.9. The molecular weight excluding hydrogens is 702 g/mol. The normalized spacial score (nSPS) is 25.2. The molecule has 2 unspecified atom stereocenters. The molecule has 5 aliphatic rings. The molecule has 2 N–H and O–H groups in total. The molecule has 1 aliphatic carbocycles. The van der Waals surface area contributed by atoms with E-state index in [0.717, 1.165) is 70.7 Å². The maximum absolute atomic E-state index is 17.3. The van der Waals surface area contributed by atoms with Crippen LogP contribution in [-0.4, -0.2) is 90.1 Å². The molecule has 4 aromatic rings. The summed E-state index contributed by atoms with van der Waals surface area (Å²) in [5.41, 5.74) is -6.11. The van der Waals surface area contributed by atoms with E-state index in [0.29, 0.717) is 37.4 Å². The van der Waals surface area contributed by atoms with Gasteiger partial charge in [-0.3, -0.25) is 0 Å². The number of benzene rings is 3. The number of nitrogens with one attached hydrogen (secondary N) is 1. The van der Waals surface area contributed by atoms with Crippen molar-refractivity contribution in [3.05, 3.63) is 47.5 Å². The molecule has 4 saturated heterocycles. The smallest absolute Gasteiger partial charge is 0.446 e. The number of aromatic nitrogens is 2. The van der Waals surface area contributed by atoms with Crippen LogP contribution < -0.4 is 15.0 Å². The number of halogens is 5. The predicted octanol–water partition coefficient (Wildman–Crippen LogP) is 6.70. The van der Waals surface area contributed by atoms with Gasteiger partial charge >= 0.3 is 11.5 Å². The first-order valence-corrected chi connectivity index (χ1v) is 18.4. The van der Waals surface area contributed by atoms with Gasteiger partial charge in [0.1, 0.15) is 22.9 Å². The second-order valence-corrected chi connectivity index (χ2v) is 16.2. The van der Waals surface area contributed by atoms with E-state index in [4.69, 9.17) is 20.9 Å². The zero-order valence-corrected chi connectivity index (χ0v) is 28.9. The number of fused-ring (bicyclic) bond motifs is 5. The van der Waals surface area contributed by atoms with E-state index in [1.165, 1.54) is 18.2 Å². The third-order valence-corrected chi connectivity index (χ3v) is 12.2. The number of terminal acetylenes is 1. The molecule has 5 heterocycles. The van der Waals surface area contributed by atoms with E-state index in [-0.39, 0.29) is 62.1 Å². The standard InChI is InChI=1S/C38H36F5N5O3S/c1-2-26-29(39)6-3-20-9-25(49)10-27(31(20)26)32-30(52-38(41,42)43)11-28-34(33(32)40)45-36(46-35(28)48-14-23-4-5-24(15-48)44-23)51-19-37(7-8-37)18-47-12-21-16-50-17-22(21)13-47/h1,3,6,9-11,21-24,44,49H,4-5,7-8,12-19H2/t21-,22+,23?,24?. The topological polar surface area (TPSA) is 83.0 Å². The minimum atomic E-state index is -4.82. The van der Waals surface area contributed by atoms with Crippen molar-refractivity contribution in [3.8, 4) is 35.2 Å². The zero-order chi connectivity index (χ0) is 35.9. The Morgan fingerprint density at radius 1 is 1.04 bits per heavy atom. The summed E-state index contributed by atoms with van der Waals surface area (Å²) < 4.78 is 87.1. The predicted molar refractivity (Wildman–Crippen MR) is 187 cm³/mol. The van der Waals surface area contributed by atoms with Crippen molar-refractivity contribution in [2.75, 3.05) is 57.4 Å². The van der Waals surface area contributed by atoms with Gasteiger partial charge in [-0.1, -0.05) is 12.0 Å². The Balaban J connectivity index is 1.18. The first-order valence-electron chi connectivity index (χ1n) is 17.6. The van der Waals surface area contributed by atoms with Gasteiger partial charge in [0.2, 0.25) is 0 Å². The summed E-state index contributed by atoms with van der Waals surface area (Å²) in [5.74, 6) is 1.41. The number of hydrogen-bond acceptors (Lipinski definition) is 9. The number of aromatic hydroxyl groups is 1. The van der Waals surface area contributed by atoms with Crippen molar-refractivity contribution in [1.82, 2.24) is 20.2 Å². The van der Waals surface area contributed by atoms with Gasteiger partial charge in [0.05, 0.1) is 25.4 Å². The number of piperazine rings is 1. The molecule has 4 atom stereocenters. The van der Waals surface area contributed by atoms with E-state index < -0.39 is 39.4 Å². The average molecular weight is 738 g/mol. The molecule has 5 fully saturated rings. The van der Waals surface area contributed by atoms with Crippen molar-refractivity contribution in [3.63, 3.8) is 0 Å². The van der Waals surface area contributed by atoms with Gasteiger partial charge in [0, 0.05) is 83.3 Å². The van der Waals surface area contributed by atoms with Crippen LogP contribution in [0, 0.1) is 41.2 Å². The molecule has 0 amide bonds. The van der Waals surface area contributed by atoms with Crippen LogP contribution in [0.5, 0.6) is 11.8 Å². The Kier molecular flexibility index (Phi) is 8.22. The molecule has 0 radical (unpaired) electrons. The van der Waals surface area contributed by atoms with Crippen LogP contribution in [0.1, 0.15) is 31.2 Å². The van der Waals surface area contributed by atoms with Crippen LogP contribution in [0.2, 0.25) is 0 Å². The number of rotatable bonds is 8. The lowest BCUT2D eigenvalue weighted by atomic mass is 9.93. The van der Waals surface area contributed by atoms with E-state index in [9.17, 15) is 18.3 Å². The molecule has 4 aliphatic heterocycles. The van der Waals surface area contributed by atoms with Gasteiger partial charge in [0.15, 0.2) is 5.82 Å². The molecule has 1 saturated carbocycles. The van der Waals surface area contributed by atoms with Crippen LogP contribution in [0.4, 0.5) is 27.8 Å². The fourth-order valence-corrected chi connectivity index (χ4v) is 9.52. The number of nitrogens with zero attached hydrogens (tertiary/aromatic N) is 4. The Morgan fingerprint density at radius 3 is 2.44 bits per heavy atom. The fourth-order valence-electron chi connectivity index (χ4n) is 8.79. The number of anilines is 1. The summed E-state index contributed by atoms with van der Waals surface area (Å²) in [6, 6.07) is 6.33. The van der Waals surface area contributed by atoms with E-state index in [1.54, 1.807) is 0 Å². The second kappa shape index (κ2) is 12.6. The van der Waals surface area contributed by atoms with Gasteiger partial charge in [-0.15, -0.1) is 6.42 Å². The number of thioether (sulfide) groups is 1. The van der Waals surface area contributed by atoms with Gasteiger partial charge in [-0.25, -0.2) is 8.78 Å². The molecule has 8 nitrogen and oxygen atoms in total. The summed E-state index contributed by atoms with van der Waals surface area (Å²) in [6.07, 6.45) is 9.48. The lowest BCUT2D eigenvalue weighted by Crippen LogP contribution is -2.51. The Morgan fingerprint density at radius 2 is 1.77 bits per heavy atom. The summed E-state index contributed by atoms with van der Waals surface area (Å²) in [5, 5.41) is 14.6. The Labute approximate surface area is 301 Å². The molecule has 9 rings (SSSR count). The SMILES string of the molecule is C#Cc1c(F)ccc2cc(O)cc(-c3c(SC(F)(F)F)cc4c(N5CC6CCC(C5)N6)nc(OCC5(CN6C[C@H]7COC[C@H]7C6)CC5)nc4c3F)c12. The lowest BCUT2D eigenvalue weighted by molar-refractivity contribution is -0.0328. The van der Waals surface area contributed by atoms with Gasteiger partial charge in [0.25, 0.3) is 0 Å². The van der Waals surface area contributed by atoms with Crippen molar-refractivity contribution in [2.45, 2.75) is 48.2 Å². The Hall–Kier alpha value is -3.90. The summed E-state index contributed by atoms with van der Waals surface area (Å²) in [6.45, 7) is 5.77. The molecule has 3 aromatic carbocycles. The number of phenols is 1. The highest BCUT2D eigenvalue weighted by molar-refractivity contribution is 8.00. The van der Waals surface area contributed by atoms with Gasteiger partial charge < -0.3 is 29.7 Å². The molecule has 52 heavy (non-hydrogen) atoms. The van der Waals surface area contributed by atoms with Crippen molar-refractivity contribution in [1.29, 1.82) is 0 Å². The summed E-state index contributed by atoms with van der Waals surface area (Å²) in [7, 11) is 0. The van der Waals surface area contributed by atoms with Crippen LogP contribution >= 0.6 is 11.8 Å². The number of hydrogen-bond donors (Lipinski definition) is 2. The van der Waals surface area contributed by atoms with E-state index in [2.05, 4.69) is 21.1 Å². The molecule has 0 spiro atoms. The third-order valence-electron chi connectivity index (χ3n) is 11.4. The lowest BCUT2D eigenvalue weighted by Gasteiger charge is -2.34. The van der Waals surface area contributed by atoms with E-state index >= 15 is 8.78 Å². The van der Waals surface area contributed by atoms with Crippen molar-refractivity contribution >= 4 is 39.3 Å². The average Bonchev–Trinajstić information content (AvgIpc) is 3.33.